The van der Waals surface area contributed by atoms with Crippen molar-refractivity contribution in [3.05, 3.63) is 24.3 Å². The quantitative estimate of drug-likeness (QED) is 0.416. The van der Waals surface area contributed by atoms with E-state index in [9.17, 15) is 0 Å². The van der Waals surface area contributed by atoms with Crippen LogP contribution in [0.2, 0.25) is 19.1 Å². The number of rotatable bonds is 10. The fraction of sp³-hybridized carbons (Fsp3) is 0.667. The van der Waals surface area contributed by atoms with E-state index in [4.69, 9.17) is 4.74 Å². The van der Waals surface area contributed by atoms with Crippen LogP contribution in [-0.2, 0) is 0 Å². The average molecular weight is 293 g/mol. The average Bonchev–Trinajstić information content (AvgIpc) is 2.44. The lowest BCUT2D eigenvalue weighted by atomic mass is 10.1. The number of ether oxygens (including phenoxy) is 1. The van der Waals surface area contributed by atoms with Crippen LogP contribution in [0.3, 0.4) is 0 Å². The highest BCUT2D eigenvalue weighted by Crippen LogP contribution is 2.18. The molecule has 0 amide bonds. The Balaban J connectivity index is 2.38. The number of hydrogen-bond donors (Lipinski definition) is 0. The summed E-state index contributed by atoms with van der Waals surface area (Å²) in [5, 5.41) is 1.56. The second-order valence-electron chi connectivity index (χ2n) is 6.36. The van der Waals surface area contributed by atoms with Crippen molar-refractivity contribution < 1.29 is 4.74 Å². The first-order valence-corrected chi connectivity index (χ1v) is 11.5. The molecule has 1 aromatic carbocycles. The van der Waals surface area contributed by atoms with E-state index in [2.05, 4.69) is 44.3 Å². The fourth-order valence-corrected chi connectivity index (χ4v) is 5.15. The Morgan fingerprint density at radius 1 is 0.850 bits per heavy atom. The minimum Gasteiger partial charge on any atom is -0.494 e. The molecule has 20 heavy (non-hydrogen) atoms. The van der Waals surface area contributed by atoms with E-state index in [0.29, 0.717) is 0 Å². The summed E-state index contributed by atoms with van der Waals surface area (Å²) in [4.78, 5) is 0. The van der Waals surface area contributed by atoms with Gasteiger partial charge in [-0.1, -0.05) is 81.9 Å². The van der Waals surface area contributed by atoms with Gasteiger partial charge < -0.3 is 4.74 Å². The Morgan fingerprint density at radius 3 is 2.05 bits per heavy atom. The third-order valence-corrected chi connectivity index (χ3v) is 7.60. The predicted octanol–water partition coefficient (Wildman–Crippen LogP) is 5.36. The molecule has 0 aliphatic carbocycles. The normalized spacial score (nSPS) is 11.6. The van der Waals surface area contributed by atoms with Gasteiger partial charge in [-0.05, 0) is 19.1 Å². The summed E-state index contributed by atoms with van der Waals surface area (Å²) in [6.07, 6.45) is 8.39. The summed E-state index contributed by atoms with van der Waals surface area (Å²) < 4.78 is 5.52. The van der Waals surface area contributed by atoms with Gasteiger partial charge in [0.1, 0.15) is 5.75 Å². The number of benzene rings is 1. The molecular weight excluding hydrogens is 260 g/mol. The van der Waals surface area contributed by atoms with Crippen molar-refractivity contribution >= 4 is 13.3 Å². The first-order valence-electron chi connectivity index (χ1n) is 8.33. The van der Waals surface area contributed by atoms with Crippen LogP contribution in [0.5, 0.6) is 5.75 Å². The van der Waals surface area contributed by atoms with E-state index in [1.54, 1.807) is 5.19 Å². The van der Waals surface area contributed by atoms with E-state index in [0.717, 1.165) is 12.4 Å². The molecule has 0 radical (unpaired) electrons. The molecule has 0 atom stereocenters. The maximum absolute atomic E-state index is 5.52. The van der Waals surface area contributed by atoms with E-state index in [-0.39, 0.29) is 0 Å². The van der Waals surface area contributed by atoms with Gasteiger partial charge in [-0.15, -0.1) is 0 Å². The summed E-state index contributed by atoms with van der Waals surface area (Å²) in [5.74, 6) is 1.00. The molecule has 0 bridgehead atoms. The molecular formula is C18H32OSi. The summed E-state index contributed by atoms with van der Waals surface area (Å²) in [7, 11) is -1.25. The molecule has 0 aromatic heterocycles. The van der Waals surface area contributed by atoms with Crippen molar-refractivity contribution in [2.24, 2.45) is 0 Å². The Hall–Kier alpha value is -0.763. The van der Waals surface area contributed by atoms with Crippen molar-refractivity contribution in [1.29, 1.82) is 0 Å². The van der Waals surface area contributed by atoms with Crippen molar-refractivity contribution in [3.8, 4) is 5.75 Å². The zero-order valence-electron chi connectivity index (χ0n) is 13.9. The Labute approximate surface area is 126 Å². The monoisotopic (exact) mass is 292 g/mol. The second-order valence-corrected chi connectivity index (χ2v) is 11.2. The lowest BCUT2D eigenvalue weighted by molar-refractivity contribution is 0.340. The van der Waals surface area contributed by atoms with Gasteiger partial charge in [0, 0.05) is 0 Å². The molecule has 0 N–H and O–H groups in total. The lowest BCUT2D eigenvalue weighted by Gasteiger charge is -2.23. The van der Waals surface area contributed by atoms with Crippen LogP contribution in [0.25, 0.3) is 0 Å². The van der Waals surface area contributed by atoms with Crippen molar-refractivity contribution in [2.45, 2.75) is 71.5 Å². The van der Waals surface area contributed by atoms with E-state index >= 15 is 0 Å². The number of unbranched alkanes of at least 4 members (excludes halogenated alkanes) is 5. The van der Waals surface area contributed by atoms with E-state index in [1.165, 1.54) is 44.6 Å². The largest absolute Gasteiger partial charge is 0.494 e. The Bertz CT molecular complexity index is 356. The lowest BCUT2D eigenvalue weighted by Crippen LogP contribution is -2.40. The molecule has 114 valence electrons. The highest BCUT2D eigenvalue weighted by atomic mass is 28.3. The van der Waals surface area contributed by atoms with E-state index < -0.39 is 8.07 Å². The molecule has 0 saturated heterocycles. The summed E-state index contributed by atoms with van der Waals surface area (Å²) in [6, 6.07) is 10.2. The van der Waals surface area contributed by atoms with Gasteiger partial charge in [-0.3, -0.25) is 0 Å². The van der Waals surface area contributed by atoms with Crippen LogP contribution >= 0.6 is 0 Å². The maximum Gasteiger partial charge on any atom is 0.119 e. The molecule has 1 rings (SSSR count). The topological polar surface area (TPSA) is 9.23 Å². The summed E-state index contributed by atoms with van der Waals surface area (Å²) in [6.45, 7) is 10.1. The highest BCUT2D eigenvalue weighted by molar-refractivity contribution is 6.89. The fourth-order valence-electron chi connectivity index (χ4n) is 2.66. The van der Waals surface area contributed by atoms with Gasteiger partial charge in [0.15, 0.2) is 0 Å². The van der Waals surface area contributed by atoms with Gasteiger partial charge in [0.2, 0.25) is 0 Å². The van der Waals surface area contributed by atoms with Crippen LogP contribution < -0.4 is 9.92 Å². The Kier molecular flexibility index (Phi) is 7.97. The Morgan fingerprint density at radius 2 is 1.45 bits per heavy atom. The summed E-state index contributed by atoms with van der Waals surface area (Å²) >= 11 is 0. The van der Waals surface area contributed by atoms with Gasteiger partial charge >= 0.3 is 0 Å². The molecule has 0 fully saturated rings. The van der Waals surface area contributed by atoms with Crippen molar-refractivity contribution in [3.63, 3.8) is 0 Å². The van der Waals surface area contributed by atoms with Crippen LogP contribution in [0, 0.1) is 0 Å². The van der Waals surface area contributed by atoms with Gasteiger partial charge in [-0.2, -0.15) is 0 Å². The molecule has 0 spiro atoms. The molecule has 0 aliphatic rings. The third-order valence-electron chi connectivity index (χ3n) is 4.10. The van der Waals surface area contributed by atoms with Crippen molar-refractivity contribution in [2.75, 3.05) is 6.61 Å². The minimum atomic E-state index is -1.25. The molecule has 1 nitrogen and oxygen atoms in total. The van der Waals surface area contributed by atoms with Gasteiger partial charge in [0.05, 0.1) is 14.7 Å². The standard InChI is InChI=1S/C18H32OSi/c1-5-7-8-9-10-11-16-20(3,4)18-14-12-17(13-15-18)19-6-2/h12-15H,5-11,16H2,1-4H3. The van der Waals surface area contributed by atoms with Crippen LogP contribution in [0.1, 0.15) is 52.4 Å². The molecule has 0 aliphatic heterocycles. The van der Waals surface area contributed by atoms with Crippen LogP contribution in [0.4, 0.5) is 0 Å². The predicted molar refractivity (Wildman–Crippen MR) is 92.9 cm³/mol. The molecule has 0 saturated carbocycles. The highest BCUT2D eigenvalue weighted by Gasteiger charge is 2.22. The molecule has 0 unspecified atom stereocenters. The van der Waals surface area contributed by atoms with Gasteiger partial charge in [0.25, 0.3) is 0 Å². The molecule has 1 aromatic rings. The first kappa shape index (κ1) is 17.3. The van der Waals surface area contributed by atoms with Gasteiger partial charge in [-0.25, -0.2) is 0 Å². The zero-order valence-corrected chi connectivity index (χ0v) is 14.9. The third kappa shape index (κ3) is 6.13. The smallest absolute Gasteiger partial charge is 0.119 e. The van der Waals surface area contributed by atoms with Crippen LogP contribution in [-0.4, -0.2) is 14.7 Å². The zero-order chi connectivity index (χ0) is 14.8. The van der Waals surface area contributed by atoms with E-state index in [1.807, 2.05) is 6.92 Å². The number of hydrogen-bond acceptors (Lipinski definition) is 1. The van der Waals surface area contributed by atoms with Crippen molar-refractivity contribution in [1.82, 2.24) is 0 Å². The SMILES string of the molecule is CCCCCCCC[Si](C)(C)c1ccc(OCC)cc1. The second kappa shape index (κ2) is 9.22. The molecule has 0 heterocycles. The maximum atomic E-state index is 5.52. The molecule has 2 heteroatoms. The summed E-state index contributed by atoms with van der Waals surface area (Å²) in [5.41, 5.74) is 0. The van der Waals surface area contributed by atoms with Crippen LogP contribution in [0.15, 0.2) is 24.3 Å². The minimum absolute atomic E-state index is 0.748. The first-order chi connectivity index (χ1) is 9.60.